The summed E-state index contributed by atoms with van der Waals surface area (Å²) in [6.45, 7) is 3.95. The fourth-order valence-corrected chi connectivity index (χ4v) is 2.03. The first-order valence-corrected chi connectivity index (χ1v) is 5.73. The van der Waals surface area contributed by atoms with Crippen LogP contribution in [0.4, 0.5) is 0 Å². The molecule has 0 radical (unpaired) electrons. The van der Waals surface area contributed by atoms with Gasteiger partial charge in [0.2, 0.25) is 0 Å². The van der Waals surface area contributed by atoms with Crippen molar-refractivity contribution in [2.24, 2.45) is 0 Å². The number of nitrogens with zero attached hydrogens (tertiary/aromatic N) is 1. The van der Waals surface area contributed by atoms with E-state index >= 15 is 0 Å². The molecule has 2 aromatic rings. The van der Waals surface area contributed by atoms with Gasteiger partial charge < -0.3 is 4.98 Å². The predicted octanol–water partition coefficient (Wildman–Crippen LogP) is 3.90. The minimum atomic E-state index is 0.503. The molecule has 0 bridgehead atoms. The zero-order valence-corrected chi connectivity index (χ0v) is 10.6. The van der Waals surface area contributed by atoms with Crippen molar-refractivity contribution in [3.05, 3.63) is 51.7 Å². The number of rotatable bonds is 1. The maximum Gasteiger partial charge on any atom is 0.121 e. The van der Waals surface area contributed by atoms with Crippen LogP contribution in [0.15, 0.2) is 30.3 Å². The van der Waals surface area contributed by atoms with Crippen LogP contribution >= 0.6 is 12.2 Å². The SMILES string of the molecule is Cc1ccc(-c2cc(C)c(C#N)c(=S)[nH]2)cc1. The summed E-state index contributed by atoms with van der Waals surface area (Å²) in [5, 5.41) is 8.96. The van der Waals surface area contributed by atoms with E-state index in [-0.39, 0.29) is 0 Å². The summed E-state index contributed by atoms with van der Waals surface area (Å²) in [5.74, 6) is 0. The van der Waals surface area contributed by atoms with Crippen LogP contribution in [-0.2, 0) is 0 Å². The molecule has 17 heavy (non-hydrogen) atoms. The van der Waals surface area contributed by atoms with E-state index in [0.29, 0.717) is 10.2 Å². The molecule has 0 saturated heterocycles. The van der Waals surface area contributed by atoms with Gasteiger partial charge in [-0.25, -0.2) is 0 Å². The van der Waals surface area contributed by atoms with Gasteiger partial charge in [0.1, 0.15) is 10.7 Å². The molecule has 84 valence electrons. The molecule has 0 unspecified atom stereocenters. The Balaban J connectivity index is 2.59. The number of aromatic nitrogens is 1. The monoisotopic (exact) mass is 240 g/mol. The van der Waals surface area contributed by atoms with Crippen molar-refractivity contribution in [1.29, 1.82) is 5.26 Å². The summed E-state index contributed by atoms with van der Waals surface area (Å²) in [6, 6.07) is 12.3. The van der Waals surface area contributed by atoms with E-state index in [0.717, 1.165) is 16.8 Å². The maximum atomic E-state index is 8.96. The number of benzene rings is 1. The van der Waals surface area contributed by atoms with Gasteiger partial charge in [-0.15, -0.1) is 0 Å². The van der Waals surface area contributed by atoms with Crippen LogP contribution in [0.2, 0.25) is 0 Å². The quantitative estimate of drug-likeness (QED) is 0.768. The highest BCUT2D eigenvalue weighted by atomic mass is 32.1. The molecule has 2 rings (SSSR count). The molecule has 0 saturated carbocycles. The van der Waals surface area contributed by atoms with Crippen LogP contribution in [0, 0.1) is 29.8 Å². The van der Waals surface area contributed by atoms with Crippen LogP contribution in [0.5, 0.6) is 0 Å². The van der Waals surface area contributed by atoms with Crippen molar-refractivity contribution in [3.63, 3.8) is 0 Å². The van der Waals surface area contributed by atoms with Gasteiger partial charge in [0, 0.05) is 5.69 Å². The van der Waals surface area contributed by atoms with Crippen LogP contribution < -0.4 is 0 Å². The first-order chi connectivity index (χ1) is 8.11. The van der Waals surface area contributed by atoms with E-state index in [9.17, 15) is 0 Å². The highest BCUT2D eigenvalue weighted by molar-refractivity contribution is 7.71. The number of aryl methyl sites for hydroxylation is 2. The topological polar surface area (TPSA) is 39.6 Å². The molecule has 1 aromatic heterocycles. The summed E-state index contributed by atoms with van der Waals surface area (Å²) in [7, 11) is 0. The lowest BCUT2D eigenvalue weighted by atomic mass is 10.1. The molecule has 1 heterocycles. The molecule has 0 spiro atoms. The maximum absolute atomic E-state index is 8.96. The van der Waals surface area contributed by atoms with Crippen molar-refractivity contribution in [1.82, 2.24) is 4.98 Å². The third-order valence-corrected chi connectivity index (χ3v) is 3.01. The Morgan fingerprint density at radius 1 is 1.18 bits per heavy atom. The number of hydrogen-bond donors (Lipinski definition) is 1. The number of pyridine rings is 1. The molecule has 3 heteroatoms. The molecule has 0 aliphatic carbocycles. The molecule has 1 N–H and O–H groups in total. The van der Waals surface area contributed by atoms with Gasteiger partial charge in [-0.3, -0.25) is 0 Å². The smallest absolute Gasteiger partial charge is 0.121 e. The Kier molecular flexibility index (Phi) is 3.08. The number of aromatic amines is 1. The Hall–Kier alpha value is -1.92. The van der Waals surface area contributed by atoms with Crippen LogP contribution in [0.3, 0.4) is 0 Å². The van der Waals surface area contributed by atoms with Crippen molar-refractivity contribution in [2.75, 3.05) is 0 Å². The summed E-state index contributed by atoms with van der Waals surface area (Å²) < 4.78 is 0.503. The molecule has 0 amide bonds. The third-order valence-electron chi connectivity index (χ3n) is 2.70. The Morgan fingerprint density at radius 2 is 1.82 bits per heavy atom. The third kappa shape index (κ3) is 2.27. The van der Waals surface area contributed by atoms with Gasteiger partial charge >= 0.3 is 0 Å². The fraction of sp³-hybridized carbons (Fsp3) is 0.143. The van der Waals surface area contributed by atoms with Gasteiger partial charge in [-0.2, -0.15) is 5.26 Å². The Labute approximate surface area is 106 Å². The van der Waals surface area contributed by atoms with Crippen LogP contribution in [0.25, 0.3) is 11.3 Å². The highest BCUT2D eigenvalue weighted by Crippen LogP contribution is 2.20. The van der Waals surface area contributed by atoms with Crippen molar-refractivity contribution in [2.45, 2.75) is 13.8 Å². The molecule has 0 aliphatic rings. The second-order valence-corrected chi connectivity index (χ2v) is 4.46. The number of nitrogens with one attached hydrogen (secondary N) is 1. The predicted molar refractivity (Wildman–Crippen MR) is 71.3 cm³/mol. The second-order valence-electron chi connectivity index (χ2n) is 4.05. The lowest BCUT2D eigenvalue weighted by Gasteiger charge is -2.05. The summed E-state index contributed by atoms with van der Waals surface area (Å²) in [4.78, 5) is 3.10. The Bertz CT molecular complexity index is 645. The van der Waals surface area contributed by atoms with E-state index < -0.39 is 0 Å². The van der Waals surface area contributed by atoms with E-state index in [1.807, 2.05) is 25.1 Å². The number of H-pyrrole nitrogens is 1. The first kappa shape index (κ1) is 11.6. The van der Waals surface area contributed by atoms with E-state index in [1.54, 1.807) is 0 Å². The molecule has 1 aromatic carbocycles. The largest absolute Gasteiger partial charge is 0.345 e. The first-order valence-electron chi connectivity index (χ1n) is 5.33. The summed E-state index contributed by atoms with van der Waals surface area (Å²) in [5.41, 5.74) is 4.71. The van der Waals surface area contributed by atoms with Gasteiger partial charge in [0.25, 0.3) is 0 Å². The standard InChI is InChI=1S/C14H12N2S/c1-9-3-5-11(6-4-9)13-7-10(2)12(8-15)14(17)16-13/h3-7H,1-2H3,(H,16,17). The van der Waals surface area contributed by atoms with Crippen LogP contribution in [0.1, 0.15) is 16.7 Å². The minimum Gasteiger partial charge on any atom is -0.345 e. The molecule has 2 nitrogen and oxygen atoms in total. The summed E-state index contributed by atoms with van der Waals surface area (Å²) >= 11 is 5.17. The second kappa shape index (κ2) is 4.52. The zero-order valence-electron chi connectivity index (χ0n) is 9.74. The van der Waals surface area contributed by atoms with E-state index in [1.165, 1.54) is 5.56 Å². The molecule has 0 atom stereocenters. The lowest BCUT2D eigenvalue weighted by molar-refractivity contribution is 1.23. The lowest BCUT2D eigenvalue weighted by Crippen LogP contribution is -1.91. The minimum absolute atomic E-state index is 0.503. The van der Waals surface area contributed by atoms with Gasteiger partial charge in [-0.05, 0) is 31.0 Å². The molecule has 0 fully saturated rings. The average molecular weight is 240 g/mol. The zero-order chi connectivity index (χ0) is 12.4. The van der Waals surface area contributed by atoms with E-state index in [2.05, 4.69) is 30.1 Å². The van der Waals surface area contributed by atoms with Crippen molar-refractivity contribution >= 4 is 12.2 Å². The molecular formula is C14H12N2S. The average Bonchev–Trinajstić information content (AvgIpc) is 2.29. The Morgan fingerprint density at radius 3 is 2.35 bits per heavy atom. The highest BCUT2D eigenvalue weighted by Gasteiger charge is 2.04. The number of nitriles is 1. The molecular weight excluding hydrogens is 228 g/mol. The summed E-state index contributed by atoms with van der Waals surface area (Å²) in [6.07, 6.45) is 0. The van der Waals surface area contributed by atoms with E-state index in [4.69, 9.17) is 17.5 Å². The van der Waals surface area contributed by atoms with Gasteiger partial charge in [0.05, 0.1) is 5.56 Å². The fourth-order valence-electron chi connectivity index (χ4n) is 1.72. The van der Waals surface area contributed by atoms with Crippen LogP contribution in [-0.4, -0.2) is 4.98 Å². The van der Waals surface area contributed by atoms with Gasteiger partial charge in [0.15, 0.2) is 0 Å². The number of hydrogen-bond acceptors (Lipinski definition) is 2. The van der Waals surface area contributed by atoms with Crippen molar-refractivity contribution in [3.8, 4) is 17.3 Å². The molecule has 0 aliphatic heterocycles. The van der Waals surface area contributed by atoms with Gasteiger partial charge in [-0.1, -0.05) is 42.0 Å². The van der Waals surface area contributed by atoms with Crippen molar-refractivity contribution < 1.29 is 0 Å². The normalized spacial score (nSPS) is 9.94.